The molecule has 6 heteroatoms. The molecule has 0 aliphatic heterocycles. The largest absolute Gasteiger partial charge is 0.526 e. The SMILES string of the molecule is CCCC(CCC)C(=O)OP(=O)(O)O. The maximum atomic E-state index is 11.2. The van der Waals surface area contributed by atoms with Crippen molar-refractivity contribution in [3.8, 4) is 0 Å². The maximum Gasteiger partial charge on any atom is 0.526 e. The molecule has 5 nitrogen and oxygen atoms in total. The second-order valence-corrected chi connectivity index (χ2v) is 4.34. The summed E-state index contributed by atoms with van der Waals surface area (Å²) in [5, 5.41) is 0. The Hall–Kier alpha value is -0.380. The lowest BCUT2D eigenvalue weighted by Gasteiger charge is -2.14. The van der Waals surface area contributed by atoms with Crippen LogP contribution in [0, 0.1) is 5.92 Å². The molecule has 0 saturated heterocycles. The van der Waals surface area contributed by atoms with Gasteiger partial charge in [-0.05, 0) is 12.8 Å². The molecule has 0 saturated carbocycles. The normalized spacial score (nSPS) is 11.8. The summed E-state index contributed by atoms with van der Waals surface area (Å²) in [6.45, 7) is 3.82. The molecule has 0 atom stereocenters. The van der Waals surface area contributed by atoms with Crippen LogP contribution in [-0.2, 0) is 13.9 Å². The topological polar surface area (TPSA) is 83.8 Å². The molecule has 0 heterocycles. The third kappa shape index (κ3) is 6.13. The molecule has 0 radical (unpaired) electrons. The molecule has 0 rings (SSSR count). The van der Waals surface area contributed by atoms with Gasteiger partial charge in [0.2, 0.25) is 0 Å². The summed E-state index contributed by atoms with van der Waals surface area (Å²) in [6, 6.07) is 0. The van der Waals surface area contributed by atoms with E-state index in [2.05, 4.69) is 4.52 Å². The van der Waals surface area contributed by atoms with Crippen LogP contribution in [0.4, 0.5) is 0 Å². The average molecular weight is 224 g/mol. The van der Waals surface area contributed by atoms with E-state index in [1.807, 2.05) is 13.8 Å². The van der Waals surface area contributed by atoms with Crippen molar-refractivity contribution in [2.75, 3.05) is 0 Å². The Morgan fingerprint density at radius 2 is 1.71 bits per heavy atom. The van der Waals surface area contributed by atoms with E-state index in [1.54, 1.807) is 0 Å². The zero-order chi connectivity index (χ0) is 11.2. The highest BCUT2D eigenvalue weighted by atomic mass is 31.2. The van der Waals surface area contributed by atoms with E-state index in [0.717, 1.165) is 12.8 Å². The number of phosphoric ester groups is 1. The van der Waals surface area contributed by atoms with Gasteiger partial charge in [-0.25, -0.2) is 4.57 Å². The molecule has 0 aliphatic carbocycles. The van der Waals surface area contributed by atoms with Gasteiger partial charge in [0.15, 0.2) is 0 Å². The van der Waals surface area contributed by atoms with Gasteiger partial charge >= 0.3 is 13.8 Å². The number of phosphoric acid groups is 1. The molecule has 0 bridgehead atoms. The van der Waals surface area contributed by atoms with Crippen LogP contribution >= 0.6 is 7.82 Å². The molecule has 0 spiro atoms. The van der Waals surface area contributed by atoms with Gasteiger partial charge in [-0.3, -0.25) is 14.6 Å². The van der Waals surface area contributed by atoms with Crippen molar-refractivity contribution in [2.45, 2.75) is 39.5 Å². The molecular weight excluding hydrogens is 207 g/mol. The number of hydrogen-bond acceptors (Lipinski definition) is 3. The van der Waals surface area contributed by atoms with Crippen LogP contribution in [0.25, 0.3) is 0 Å². The predicted molar refractivity (Wildman–Crippen MR) is 51.4 cm³/mol. The molecule has 0 aliphatic rings. The summed E-state index contributed by atoms with van der Waals surface area (Å²) in [5.74, 6) is -1.18. The van der Waals surface area contributed by atoms with E-state index < -0.39 is 19.7 Å². The summed E-state index contributed by atoms with van der Waals surface area (Å²) < 4.78 is 14.4. The van der Waals surface area contributed by atoms with Crippen molar-refractivity contribution in [2.24, 2.45) is 5.92 Å². The molecule has 0 unspecified atom stereocenters. The fourth-order valence-electron chi connectivity index (χ4n) is 1.27. The standard InChI is InChI=1S/C8H17O5P/c1-3-5-7(6-4-2)8(9)13-14(10,11)12/h7H,3-6H2,1-2H3,(H2,10,11,12). The molecule has 0 aromatic heterocycles. The van der Waals surface area contributed by atoms with Crippen LogP contribution in [0.3, 0.4) is 0 Å². The van der Waals surface area contributed by atoms with Crippen molar-refractivity contribution in [1.82, 2.24) is 0 Å². The van der Waals surface area contributed by atoms with E-state index in [-0.39, 0.29) is 0 Å². The van der Waals surface area contributed by atoms with Crippen LogP contribution in [-0.4, -0.2) is 15.8 Å². The van der Waals surface area contributed by atoms with E-state index in [1.165, 1.54) is 0 Å². The number of carbonyl (C=O) groups excluding carboxylic acids is 1. The summed E-state index contributed by atoms with van der Waals surface area (Å²) >= 11 is 0. The Kier molecular flexibility index (Phi) is 6.00. The summed E-state index contributed by atoms with van der Waals surface area (Å²) in [5.41, 5.74) is 0. The van der Waals surface area contributed by atoms with E-state index in [0.29, 0.717) is 12.8 Å². The Labute approximate surface area is 83.7 Å². The fourth-order valence-corrected chi connectivity index (χ4v) is 1.65. The lowest BCUT2D eigenvalue weighted by Crippen LogP contribution is -2.16. The minimum absolute atomic E-state index is 0.391. The molecule has 84 valence electrons. The zero-order valence-corrected chi connectivity index (χ0v) is 9.37. The van der Waals surface area contributed by atoms with E-state index in [9.17, 15) is 9.36 Å². The Morgan fingerprint density at radius 1 is 1.29 bits per heavy atom. The molecule has 0 fully saturated rings. The van der Waals surface area contributed by atoms with Crippen LogP contribution in [0.15, 0.2) is 0 Å². The first-order valence-corrected chi connectivity index (χ1v) is 6.22. The van der Waals surface area contributed by atoms with Gasteiger partial charge in [0.05, 0.1) is 5.92 Å². The molecule has 0 aromatic carbocycles. The number of carbonyl (C=O) groups is 1. The Morgan fingerprint density at radius 3 is 2.00 bits per heavy atom. The van der Waals surface area contributed by atoms with Crippen molar-refractivity contribution in [1.29, 1.82) is 0 Å². The first kappa shape index (κ1) is 13.6. The summed E-state index contributed by atoms with van der Waals surface area (Å²) in [7, 11) is -4.67. The smallest absolute Gasteiger partial charge is 0.370 e. The molecular formula is C8H17O5P. The van der Waals surface area contributed by atoms with Gasteiger partial charge in [-0.2, -0.15) is 0 Å². The highest BCUT2D eigenvalue weighted by Gasteiger charge is 2.26. The van der Waals surface area contributed by atoms with Crippen LogP contribution in [0.2, 0.25) is 0 Å². The van der Waals surface area contributed by atoms with Gasteiger partial charge in [0.25, 0.3) is 0 Å². The monoisotopic (exact) mass is 224 g/mol. The lowest BCUT2D eigenvalue weighted by atomic mass is 9.99. The lowest BCUT2D eigenvalue weighted by molar-refractivity contribution is -0.140. The van der Waals surface area contributed by atoms with Gasteiger partial charge in [-0.1, -0.05) is 26.7 Å². The summed E-state index contributed by atoms with van der Waals surface area (Å²) in [4.78, 5) is 28.1. The van der Waals surface area contributed by atoms with Crippen molar-refractivity contribution < 1.29 is 23.7 Å². The Balaban J connectivity index is 4.21. The van der Waals surface area contributed by atoms with Gasteiger partial charge < -0.3 is 4.52 Å². The van der Waals surface area contributed by atoms with Gasteiger partial charge in [0.1, 0.15) is 0 Å². The van der Waals surface area contributed by atoms with Gasteiger partial charge in [0, 0.05) is 0 Å². The van der Waals surface area contributed by atoms with Gasteiger partial charge in [-0.15, -0.1) is 0 Å². The zero-order valence-electron chi connectivity index (χ0n) is 8.47. The average Bonchev–Trinajstić information content (AvgIpc) is 2.01. The minimum Gasteiger partial charge on any atom is -0.370 e. The molecule has 0 aromatic rings. The van der Waals surface area contributed by atoms with Crippen LogP contribution < -0.4 is 0 Å². The van der Waals surface area contributed by atoms with E-state index in [4.69, 9.17) is 9.79 Å². The second kappa shape index (κ2) is 6.17. The van der Waals surface area contributed by atoms with Crippen LogP contribution in [0.1, 0.15) is 39.5 Å². The quantitative estimate of drug-likeness (QED) is 0.672. The first-order valence-electron chi connectivity index (χ1n) is 4.69. The van der Waals surface area contributed by atoms with Crippen LogP contribution in [0.5, 0.6) is 0 Å². The second-order valence-electron chi connectivity index (χ2n) is 3.18. The molecule has 2 N–H and O–H groups in total. The Bertz CT molecular complexity index is 216. The summed E-state index contributed by atoms with van der Waals surface area (Å²) in [6.07, 6.45) is 2.79. The highest BCUT2D eigenvalue weighted by Crippen LogP contribution is 2.37. The molecule has 14 heavy (non-hydrogen) atoms. The predicted octanol–water partition coefficient (Wildman–Crippen LogP) is 1.84. The third-order valence-electron chi connectivity index (χ3n) is 1.82. The van der Waals surface area contributed by atoms with Crippen molar-refractivity contribution in [3.05, 3.63) is 0 Å². The van der Waals surface area contributed by atoms with Crippen molar-refractivity contribution in [3.63, 3.8) is 0 Å². The number of rotatable bonds is 6. The first-order chi connectivity index (χ1) is 6.40. The highest BCUT2D eigenvalue weighted by molar-refractivity contribution is 7.46. The fraction of sp³-hybridized carbons (Fsp3) is 0.875. The third-order valence-corrected chi connectivity index (χ3v) is 2.23. The minimum atomic E-state index is -4.67. The van der Waals surface area contributed by atoms with E-state index >= 15 is 0 Å². The maximum absolute atomic E-state index is 11.2. The van der Waals surface area contributed by atoms with Crippen molar-refractivity contribution >= 4 is 13.8 Å². The molecule has 0 amide bonds. The number of hydrogen-bond donors (Lipinski definition) is 2.